The smallest absolute Gasteiger partial charge is 0.743 e. The first-order chi connectivity index (χ1) is 12.0. The number of hydrogen-bond donors (Lipinski definition) is 0. The van der Waals surface area contributed by atoms with Crippen molar-refractivity contribution in [2.24, 2.45) is 0 Å². The van der Waals surface area contributed by atoms with E-state index < -0.39 is 63.8 Å². The van der Waals surface area contributed by atoms with Gasteiger partial charge in [-0.1, -0.05) is 0 Å². The Morgan fingerprint density at radius 3 is 0.900 bits per heavy atom. The van der Waals surface area contributed by atoms with E-state index in [2.05, 4.69) is 0 Å². The Morgan fingerprint density at radius 1 is 0.500 bits per heavy atom. The summed E-state index contributed by atoms with van der Waals surface area (Å²) in [5.74, 6) is -56.9. The van der Waals surface area contributed by atoms with Gasteiger partial charge in [-0.05, 0) is 0 Å². The molecule has 0 spiro atoms. The van der Waals surface area contributed by atoms with Gasteiger partial charge in [0.05, 0.1) is 0 Å². The standard InChI is InChI=1S/C9H4F16O3S.Li/c1-2(10,11)3(12,13)4(14,15)5(16,17)6(18,19)7(20,21)8(22,23)9(24,25)29(26,27)28;/h1H3,(H,26,27,28);/q;+1/p-1. The maximum Gasteiger partial charge on any atom is 1.00 e. The molecule has 0 aromatic rings. The second kappa shape index (κ2) is 7.47. The first kappa shape index (κ1) is 31.6. The first-order valence-electron chi connectivity index (χ1n) is 5.98. The van der Waals surface area contributed by atoms with Crippen LogP contribution in [0.15, 0.2) is 0 Å². The third kappa shape index (κ3) is 3.74. The number of hydrogen-bond acceptors (Lipinski definition) is 3. The van der Waals surface area contributed by atoms with Crippen LogP contribution in [0, 0.1) is 0 Å². The van der Waals surface area contributed by atoms with E-state index in [4.69, 9.17) is 0 Å². The molecule has 0 saturated carbocycles. The molecule has 0 unspecified atom stereocenters. The van der Waals surface area contributed by atoms with Gasteiger partial charge in [-0.25, -0.2) is 8.42 Å². The zero-order valence-electron chi connectivity index (χ0n) is 13.7. The summed E-state index contributed by atoms with van der Waals surface area (Å²) in [7, 11) is -8.08. The normalized spacial score (nSPS) is 16.3. The summed E-state index contributed by atoms with van der Waals surface area (Å²) in [5.41, 5.74) is 0. The Labute approximate surface area is 166 Å². The van der Waals surface area contributed by atoms with Crippen molar-refractivity contribution in [1.82, 2.24) is 0 Å². The Balaban J connectivity index is 0. The van der Waals surface area contributed by atoms with Crippen LogP contribution >= 0.6 is 0 Å². The predicted octanol–water partition coefficient (Wildman–Crippen LogP) is 1.60. The van der Waals surface area contributed by atoms with Gasteiger partial charge in [0, 0.05) is 6.92 Å². The average molecular weight is 502 g/mol. The molecule has 176 valence electrons. The van der Waals surface area contributed by atoms with Crippen molar-refractivity contribution in [3.63, 3.8) is 0 Å². The van der Waals surface area contributed by atoms with Gasteiger partial charge in [0.1, 0.15) is 0 Å². The van der Waals surface area contributed by atoms with Crippen molar-refractivity contribution in [3.05, 3.63) is 0 Å². The van der Waals surface area contributed by atoms with Gasteiger partial charge in [-0.3, -0.25) is 0 Å². The number of rotatable bonds is 8. The summed E-state index contributed by atoms with van der Waals surface area (Å²) >= 11 is 0. The van der Waals surface area contributed by atoms with E-state index in [9.17, 15) is 83.2 Å². The van der Waals surface area contributed by atoms with E-state index in [1.54, 1.807) is 0 Å². The number of halogens is 16. The van der Waals surface area contributed by atoms with E-state index in [-0.39, 0.29) is 18.9 Å². The zero-order valence-corrected chi connectivity index (χ0v) is 14.5. The second-order valence-electron chi connectivity index (χ2n) is 5.31. The quantitative estimate of drug-likeness (QED) is 0.288. The maximum absolute atomic E-state index is 13.1. The summed E-state index contributed by atoms with van der Waals surface area (Å²) in [5, 5.41) is -7.88. The molecule has 0 saturated heterocycles. The minimum atomic E-state index is -8.75. The molecule has 0 radical (unpaired) electrons. The molecule has 0 rings (SSSR count). The largest absolute Gasteiger partial charge is 1.00 e. The molecule has 0 amide bonds. The van der Waals surface area contributed by atoms with Crippen molar-refractivity contribution in [2.75, 3.05) is 0 Å². The molecular weight excluding hydrogens is 499 g/mol. The molecular formula is C9H3F16LiO3S. The summed E-state index contributed by atoms with van der Waals surface area (Å²) < 4.78 is 236. The topological polar surface area (TPSA) is 57.2 Å². The van der Waals surface area contributed by atoms with Crippen molar-refractivity contribution in [2.45, 2.75) is 53.6 Å². The van der Waals surface area contributed by atoms with Gasteiger partial charge in [-0.2, -0.15) is 70.2 Å². The zero-order chi connectivity index (χ0) is 24.5. The fourth-order valence-electron chi connectivity index (χ4n) is 1.40. The monoisotopic (exact) mass is 502 g/mol. The van der Waals surface area contributed by atoms with Crippen molar-refractivity contribution >= 4 is 10.1 Å². The Bertz CT molecular complexity index is 740. The van der Waals surface area contributed by atoms with Gasteiger partial charge >= 0.3 is 65.6 Å². The average Bonchev–Trinajstić information content (AvgIpc) is 2.43. The van der Waals surface area contributed by atoms with E-state index in [1.807, 2.05) is 0 Å². The van der Waals surface area contributed by atoms with Crippen LogP contribution in [0.2, 0.25) is 0 Å². The minimum Gasteiger partial charge on any atom is -0.743 e. The molecule has 0 heterocycles. The maximum atomic E-state index is 13.1. The summed E-state index contributed by atoms with van der Waals surface area (Å²) in [6.07, 6.45) is 0. The number of alkyl halides is 16. The van der Waals surface area contributed by atoms with Crippen LogP contribution < -0.4 is 18.9 Å². The predicted molar refractivity (Wildman–Crippen MR) is 54.9 cm³/mol. The van der Waals surface area contributed by atoms with Crippen LogP contribution in [0.5, 0.6) is 0 Å². The molecule has 0 atom stereocenters. The van der Waals surface area contributed by atoms with Crippen LogP contribution in [0.3, 0.4) is 0 Å². The van der Waals surface area contributed by atoms with Crippen LogP contribution in [-0.2, 0) is 10.1 Å². The van der Waals surface area contributed by atoms with E-state index in [0.717, 1.165) is 0 Å². The molecule has 0 aliphatic carbocycles. The van der Waals surface area contributed by atoms with Gasteiger partial charge in [-0.15, -0.1) is 0 Å². The second-order valence-corrected chi connectivity index (χ2v) is 6.73. The van der Waals surface area contributed by atoms with Crippen LogP contribution in [0.25, 0.3) is 0 Å². The molecule has 0 aromatic carbocycles. The molecule has 30 heavy (non-hydrogen) atoms. The van der Waals surface area contributed by atoms with Gasteiger partial charge in [0.2, 0.25) is 0 Å². The van der Waals surface area contributed by atoms with Crippen molar-refractivity contribution in [3.8, 4) is 0 Å². The summed E-state index contributed by atoms with van der Waals surface area (Å²) in [6.45, 7) is -1.31. The van der Waals surface area contributed by atoms with Crippen LogP contribution in [0.4, 0.5) is 70.2 Å². The molecule has 0 bridgehead atoms. The van der Waals surface area contributed by atoms with Crippen molar-refractivity contribution in [1.29, 1.82) is 0 Å². The van der Waals surface area contributed by atoms with E-state index in [1.165, 1.54) is 0 Å². The van der Waals surface area contributed by atoms with Crippen LogP contribution in [0.1, 0.15) is 6.92 Å². The molecule has 0 fully saturated rings. The SMILES string of the molecule is CC(F)(F)C(F)(F)C(F)(F)C(F)(F)C(F)(F)C(F)(F)C(F)(F)C(F)(F)S(=O)(=O)[O-].[Li+]. The Hall–Kier alpha value is -0.613. The Morgan fingerprint density at radius 2 is 0.700 bits per heavy atom. The third-order valence-electron chi connectivity index (χ3n) is 3.20. The first-order valence-corrected chi connectivity index (χ1v) is 7.39. The molecule has 3 nitrogen and oxygen atoms in total. The summed E-state index contributed by atoms with van der Waals surface area (Å²) in [4.78, 5) is 0. The molecule has 0 aliphatic heterocycles. The molecule has 0 aromatic heterocycles. The molecule has 21 heteroatoms. The Kier molecular flexibility index (Phi) is 7.86. The van der Waals surface area contributed by atoms with Crippen molar-refractivity contribution < 1.29 is 102 Å². The molecule has 0 aliphatic rings. The van der Waals surface area contributed by atoms with E-state index in [0.29, 0.717) is 0 Å². The summed E-state index contributed by atoms with van der Waals surface area (Å²) in [6, 6.07) is 0. The fraction of sp³-hybridized carbons (Fsp3) is 1.00. The van der Waals surface area contributed by atoms with Crippen LogP contribution in [-0.4, -0.2) is 59.7 Å². The third-order valence-corrected chi connectivity index (χ3v) is 4.09. The van der Waals surface area contributed by atoms with Gasteiger partial charge in [0.15, 0.2) is 10.1 Å². The van der Waals surface area contributed by atoms with Gasteiger partial charge < -0.3 is 4.55 Å². The van der Waals surface area contributed by atoms with E-state index >= 15 is 0 Å². The minimum absolute atomic E-state index is 0. The fourth-order valence-corrected chi connectivity index (χ4v) is 1.85. The molecule has 0 N–H and O–H groups in total. The van der Waals surface area contributed by atoms with Gasteiger partial charge in [0.25, 0.3) is 0 Å².